The smallest absolute Gasteiger partial charge is 0.744 e. The largest absolute Gasteiger partial charge is 1.00 e. The van der Waals surface area contributed by atoms with Crippen molar-refractivity contribution in [2.24, 2.45) is 10.2 Å². The first kappa shape index (κ1) is 36.4. The first-order valence-electron chi connectivity index (χ1n) is 8.92. The fraction of sp³-hybridized carbons (Fsp3) is 0. The Kier molecular flexibility index (Phi) is 15.1. The standard InChI is InChI=1S/C20H13N2O7S2.3Na.O2S/c23-20-18(31(27,28)29)11-13-10-14(30(24,25)26)8-9-16(13)19(20)22-21-17-7-3-5-12-4-1-2-6-15(12)17;;;;1-3-2/h1-4,6-11,23H,(H,24,25,26)(H,27,28,29);;;;/q-1;3*+1;/p-2. The van der Waals surface area contributed by atoms with Crippen molar-refractivity contribution in [3.8, 4) is 5.75 Å². The molecule has 0 aliphatic heterocycles. The van der Waals surface area contributed by atoms with Crippen LogP contribution >= 0.6 is 0 Å². The third-order valence-corrected chi connectivity index (χ3v) is 6.20. The van der Waals surface area contributed by atoms with Crippen LogP contribution in [0.4, 0.5) is 11.4 Å². The quantitative estimate of drug-likeness (QED) is 0.105. The molecule has 176 valence electrons. The second kappa shape index (κ2) is 15.3. The fourth-order valence-electron chi connectivity index (χ4n) is 3.10. The predicted molar refractivity (Wildman–Crippen MR) is 117 cm³/mol. The van der Waals surface area contributed by atoms with E-state index in [0.29, 0.717) is 11.1 Å². The number of phenols is 1. The zero-order valence-electron chi connectivity index (χ0n) is 19.6. The summed E-state index contributed by atoms with van der Waals surface area (Å²) in [6.45, 7) is 0. The van der Waals surface area contributed by atoms with Gasteiger partial charge in [0, 0.05) is 11.1 Å². The van der Waals surface area contributed by atoms with Gasteiger partial charge < -0.3 is 14.2 Å². The zero-order valence-corrected chi connectivity index (χ0v) is 28.1. The molecule has 0 unspecified atom stereocenters. The summed E-state index contributed by atoms with van der Waals surface area (Å²) >= 11 is -0.750. The number of hydrogen-bond donors (Lipinski definition) is 1. The van der Waals surface area contributed by atoms with Crippen molar-refractivity contribution in [2.45, 2.75) is 9.79 Å². The summed E-state index contributed by atoms with van der Waals surface area (Å²) in [5.41, 5.74) is 0.0229. The van der Waals surface area contributed by atoms with Gasteiger partial charge in [0.15, 0.2) is 5.75 Å². The third-order valence-electron chi connectivity index (χ3n) is 4.52. The van der Waals surface area contributed by atoms with Crippen LogP contribution in [0.2, 0.25) is 0 Å². The summed E-state index contributed by atoms with van der Waals surface area (Å²) in [5.74, 6) is -0.934. The molecular formula is C20H11N2Na3O9S3. The Morgan fingerprint density at radius 3 is 2.03 bits per heavy atom. The molecule has 0 bridgehead atoms. The van der Waals surface area contributed by atoms with Gasteiger partial charge in [0.05, 0.1) is 9.79 Å². The average molecular weight is 588 g/mol. The molecule has 17 heteroatoms. The molecular weight excluding hydrogens is 577 g/mol. The monoisotopic (exact) mass is 588 g/mol. The van der Waals surface area contributed by atoms with Gasteiger partial charge in [-0.25, -0.2) is 16.8 Å². The molecule has 37 heavy (non-hydrogen) atoms. The summed E-state index contributed by atoms with van der Waals surface area (Å²) < 4.78 is 85.4. The van der Waals surface area contributed by atoms with Gasteiger partial charge in [-0.05, 0) is 23.6 Å². The minimum absolute atomic E-state index is 0. The SMILES string of the molecule is O=S(=O)([O-])c1ccc2c(N=Nc3cc[c-]c4ccccc34)c(O)c(S(=O)(=O)[O-])cc2c1.O=S=O.[Na+].[Na+].[Na+]. The molecule has 0 aliphatic carbocycles. The number of aromatic hydroxyl groups is 1. The van der Waals surface area contributed by atoms with Gasteiger partial charge in [0.25, 0.3) is 0 Å². The van der Waals surface area contributed by atoms with E-state index in [2.05, 4.69) is 16.3 Å². The van der Waals surface area contributed by atoms with E-state index in [1.807, 2.05) is 6.07 Å². The summed E-state index contributed by atoms with van der Waals surface area (Å²) in [7, 11) is -9.99. The van der Waals surface area contributed by atoms with E-state index in [1.54, 1.807) is 30.3 Å². The van der Waals surface area contributed by atoms with Crippen LogP contribution in [0.15, 0.2) is 80.7 Å². The maximum absolute atomic E-state index is 11.6. The zero-order chi connectivity index (χ0) is 25.1. The Labute approximate surface area is 281 Å². The molecule has 4 rings (SSSR count). The normalized spacial score (nSPS) is 11.0. The van der Waals surface area contributed by atoms with Crippen LogP contribution in [0, 0.1) is 6.07 Å². The number of hydrogen-bond acceptors (Lipinski definition) is 11. The average Bonchev–Trinajstić information content (AvgIpc) is 2.77. The molecule has 0 atom stereocenters. The minimum atomic E-state index is -5.15. The Morgan fingerprint density at radius 1 is 0.811 bits per heavy atom. The van der Waals surface area contributed by atoms with Crippen molar-refractivity contribution < 1.29 is 128 Å². The topological polar surface area (TPSA) is 193 Å². The predicted octanol–water partition coefficient (Wildman–Crippen LogP) is -5.94. The van der Waals surface area contributed by atoms with Crippen molar-refractivity contribution in [3.05, 3.63) is 66.7 Å². The Hall–Kier alpha value is -0.560. The molecule has 0 aliphatic rings. The molecule has 4 aromatic carbocycles. The molecule has 1 N–H and O–H groups in total. The molecule has 0 fully saturated rings. The summed E-state index contributed by atoms with van der Waals surface area (Å²) in [6, 6.07) is 17.2. The maximum atomic E-state index is 11.6. The Balaban J connectivity index is 0.00000206. The van der Waals surface area contributed by atoms with Crippen LogP contribution in [0.3, 0.4) is 0 Å². The van der Waals surface area contributed by atoms with Crippen LogP contribution in [-0.4, -0.2) is 39.5 Å². The van der Waals surface area contributed by atoms with E-state index >= 15 is 0 Å². The Bertz CT molecular complexity index is 1700. The van der Waals surface area contributed by atoms with Crippen LogP contribution < -0.4 is 88.7 Å². The minimum Gasteiger partial charge on any atom is -0.744 e. The number of phenolic OH excluding ortho intramolecular Hbond substituents is 1. The second-order valence-corrected chi connectivity index (χ2v) is 9.40. The van der Waals surface area contributed by atoms with Crippen LogP contribution in [-0.2, 0) is 31.8 Å². The summed E-state index contributed by atoms with van der Waals surface area (Å²) in [4.78, 5) is -1.65. The molecule has 0 spiro atoms. The van der Waals surface area contributed by atoms with E-state index in [4.69, 9.17) is 8.42 Å². The molecule has 0 heterocycles. The molecule has 0 radical (unpaired) electrons. The van der Waals surface area contributed by atoms with E-state index in [-0.39, 0.29) is 105 Å². The molecule has 4 aromatic rings. The number of rotatable bonds is 4. The number of fused-ring (bicyclic) bond motifs is 2. The van der Waals surface area contributed by atoms with Gasteiger partial charge in [-0.3, -0.25) is 0 Å². The van der Waals surface area contributed by atoms with Crippen molar-refractivity contribution in [2.75, 3.05) is 0 Å². The maximum Gasteiger partial charge on any atom is 1.00 e. The summed E-state index contributed by atoms with van der Waals surface area (Å²) in [6.07, 6.45) is 0. The van der Waals surface area contributed by atoms with Crippen molar-refractivity contribution in [3.63, 3.8) is 0 Å². The van der Waals surface area contributed by atoms with Crippen LogP contribution in [0.5, 0.6) is 5.75 Å². The fourth-order valence-corrected chi connectivity index (χ4v) is 4.21. The molecule has 0 saturated carbocycles. The van der Waals surface area contributed by atoms with Crippen molar-refractivity contribution in [1.82, 2.24) is 0 Å². The van der Waals surface area contributed by atoms with Crippen LogP contribution in [0.25, 0.3) is 21.5 Å². The van der Waals surface area contributed by atoms with Crippen LogP contribution in [0.1, 0.15) is 0 Å². The molecule has 0 amide bonds. The van der Waals surface area contributed by atoms with Gasteiger partial charge in [0.1, 0.15) is 25.9 Å². The first-order chi connectivity index (χ1) is 16.0. The molecule has 0 saturated heterocycles. The van der Waals surface area contributed by atoms with Crippen molar-refractivity contribution >= 4 is 64.7 Å². The first-order valence-corrected chi connectivity index (χ1v) is 12.4. The van der Waals surface area contributed by atoms with Gasteiger partial charge in [-0.15, -0.1) is 40.8 Å². The number of nitrogens with zero attached hydrogens (tertiary/aromatic N) is 2. The van der Waals surface area contributed by atoms with Gasteiger partial charge in [-0.1, -0.05) is 23.6 Å². The third kappa shape index (κ3) is 8.98. The second-order valence-electron chi connectivity index (χ2n) is 6.54. The van der Waals surface area contributed by atoms with Gasteiger partial charge in [-0.2, -0.15) is 13.5 Å². The van der Waals surface area contributed by atoms with E-state index < -0.39 is 47.3 Å². The number of azo groups is 1. The van der Waals surface area contributed by atoms with E-state index in [9.17, 15) is 31.0 Å². The van der Waals surface area contributed by atoms with Gasteiger partial charge in [0.2, 0.25) is 0 Å². The van der Waals surface area contributed by atoms with Crippen molar-refractivity contribution in [1.29, 1.82) is 0 Å². The van der Waals surface area contributed by atoms with Gasteiger partial charge >= 0.3 is 100 Å². The molecule has 0 aromatic heterocycles. The van der Waals surface area contributed by atoms with E-state index in [0.717, 1.165) is 23.6 Å². The van der Waals surface area contributed by atoms with E-state index in [1.165, 1.54) is 6.07 Å². The Morgan fingerprint density at radius 2 is 1.43 bits per heavy atom. The summed E-state index contributed by atoms with van der Waals surface area (Å²) in [5, 5.41) is 19.9. The molecule has 11 nitrogen and oxygen atoms in total. The number of benzene rings is 4.